The third kappa shape index (κ3) is 4.36. The van der Waals surface area contributed by atoms with Gasteiger partial charge in [-0.3, -0.25) is 4.79 Å². The highest BCUT2D eigenvalue weighted by molar-refractivity contribution is 6.30. The van der Waals surface area contributed by atoms with Gasteiger partial charge < -0.3 is 14.5 Å². The van der Waals surface area contributed by atoms with Gasteiger partial charge in [0.15, 0.2) is 0 Å². The number of halogens is 1. The number of ether oxygens (including phenoxy) is 1. The van der Waals surface area contributed by atoms with Crippen LogP contribution >= 0.6 is 11.6 Å². The van der Waals surface area contributed by atoms with Gasteiger partial charge in [0.05, 0.1) is 7.11 Å². The van der Waals surface area contributed by atoms with Crippen molar-refractivity contribution >= 4 is 17.5 Å². The first-order chi connectivity index (χ1) is 12.2. The summed E-state index contributed by atoms with van der Waals surface area (Å²) >= 11 is 5.93. The van der Waals surface area contributed by atoms with Crippen LogP contribution in [0.15, 0.2) is 52.9 Å². The Hall–Kier alpha value is -2.86. The average Bonchev–Trinajstić information content (AvgIpc) is 3.12. The quantitative estimate of drug-likeness (QED) is 0.731. The van der Waals surface area contributed by atoms with Crippen molar-refractivity contribution in [3.63, 3.8) is 0 Å². The summed E-state index contributed by atoms with van der Waals surface area (Å²) in [5.74, 6) is 0.539. The Kier molecular flexibility index (Phi) is 5.30. The number of nitrogens with one attached hydrogen (secondary N) is 1. The van der Waals surface area contributed by atoms with Crippen molar-refractivity contribution in [2.24, 2.45) is 0 Å². The highest BCUT2D eigenvalue weighted by atomic mass is 35.5. The van der Waals surface area contributed by atoms with E-state index in [1.54, 1.807) is 31.4 Å². The van der Waals surface area contributed by atoms with Crippen molar-refractivity contribution in [2.75, 3.05) is 13.7 Å². The number of amides is 1. The minimum atomic E-state index is -0.413. The maximum absolute atomic E-state index is 12.1. The van der Waals surface area contributed by atoms with E-state index in [2.05, 4.69) is 15.5 Å². The van der Waals surface area contributed by atoms with E-state index in [0.717, 1.165) is 11.3 Å². The third-order valence-corrected chi connectivity index (χ3v) is 3.76. The summed E-state index contributed by atoms with van der Waals surface area (Å²) in [4.78, 5) is 12.1. The molecule has 0 aliphatic heterocycles. The summed E-state index contributed by atoms with van der Waals surface area (Å²) in [5.41, 5.74) is 1.72. The number of benzene rings is 2. The summed E-state index contributed by atoms with van der Waals surface area (Å²) in [5, 5.41) is 11.0. The molecule has 0 aliphatic carbocycles. The first-order valence-electron chi connectivity index (χ1n) is 7.66. The van der Waals surface area contributed by atoms with Crippen molar-refractivity contribution in [3.05, 3.63) is 65.0 Å². The number of aromatic nitrogens is 2. The zero-order valence-electron chi connectivity index (χ0n) is 13.5. The zero-order chi connectivity index (χ0) is 17.6. The molecule has 2 aromatic carbocycles. The molecule has 25 heavy (non-hydrogen) atoms. The predicted molar refractivity (Wildman–Crippen MR) is 93.8 cm³/mol. The SMILES string of the molecule is COc1cccc(CCNC(=O)c2nnc(-c3cccc(Cl)c3)o2)c1. The summed E-state index contributed by atoms with van der Waals surface area (Å²) in [6.45, 7) is 0.445. The van der Waals surface area contributed by atoms with Gasteiger partial charge in [-0.2, -0.15) is 0 Å². The van der Waals surface area contributed by atoms with Crippen LogP contribution in [0.4, 0.5) is 0 Å². The van der Waals surface area contributed by atoms with Gasteiger partial charge in [-0.05, 0) is 42.3 Å². The molecule has 0 fully saturated rings. The number of hydrogen-bond acceptors (Lipinski definition) is 5. The van der Waals surface area contributed by atoms with E-state index in [9.17, 15) is 4.79 Å². The van der Waals surface area contributed by atoms with Gasteiger partial charge in [-0.15, -0.1) is 10.2 Å². The molecule has 1 aromatic heterocycles. The third-order valence-electron chi connectivity index (χ3n) is 3.52. The van der Waals surface area contributed by atoms with E-state index in [1.807, 2.05) is 24.3 Å². The van der Waals surface area contributed by atoms with E-state index in [4.69, 9.17) is 20.8 Å². The van der Waals surface area contributed by atoms with Crippen molar-refractivity contribution < 1.29 is 13.9 Å². The molecular formula is C18H16ClN3O3. The zero-order valence-corrected chi connectivity index (χ0v) is 14.3. The van der Waals surface area contributed by atoms with E-state index in [1.165, 1.54) is 0 Å². The molecule has 0 bridgehead atoms. The van der Waals surface area contributed by atoms with Gasteiger partial charge >= 0.3 is 11.8 Å². The van der Waals surface area contributed by atoms with Crippen molar-refractivity contribution in [1.29, 1.82) is 0 Å². The molecule has 1 amide bonds. The smallest absolute Gasteiger partial charge is 0.308 e. The number of nitrogens with zero attached hydrogens (tertiary/aromatic N) is 2. The van der Waals surface area contributed by atoms with Gasteiger partial charge in [0, 0.05) is 17.1 Å². The molecule has 3 rings (SSSR count). The summed E-state index contributed by atoms with van der Waals surface area (Å²) in [7, 11) is 1.62. The molecule has 0 atom stereocenters. The van der Waals surface area contributed by atoms with Crippen LogP contribution in [0.3, 0.4) is 0 Å². The minimum Gasteiger partial charge on any atom is -0.497 e. The molecule has 0 radical (unpaired) electrons. The molecule has 0 saturated carbocycles. The summed E-state index contributed by atoms with van der Waals surface area (Å²) < 4.78 is 10.6. The first kappa shape index (κ1) is 17.0. The number of methoxy groups -OCH3 is 1. The van der Waals surface area contributed by atoms with E-state index >= 15 is 0 Å². The van der Waals surface area contributed by atoms with Gasteiger partial charge in [0.2, 0.25) is 5.89 Å². The Labute approximate surface area is 149 Å². The molecule has 0 saturated heterocycles. The summed E-state index contributed by atoms with van der Waals surface area (Å²) in [6.07, 6.45) is 0.665. The lowest BCUT2D eigenvalue weighted by Gasteiger charge is -2.05. The molecule has 6 nitrogen and oxygen atoms in total. The fraction of sp³-hybridized carbons (Fsp3) is 0.167. The molecular weight excluding hydrogens is 342 g/mol. The normalized spacial score (nSPS) is 10.5. The lowest BCUT2D eigenvalue weighted by molar-refractivity contribution is 0.0920. The van der Waals surface area contributed by atoms with Crippen LogP contribution in [0.5, 0.6) is 5.75 Å². The second-order valence-corrected chi connectivity index (χ2v) is 5.72. The van der Waals surface area contributed by atoms with Crippen LogP contribution in [0.25, 0.3) is 11.5 Å². The van der Waals surface area contributed by atoms with Crippen LogP contribution in [-0.2, 0) is 6.42 Å². The van der Waals surface area contributed by atoms with Gasteiger partial charge in [0.1, 0.15) is 5.75 Å². The molecule has 1 N–H and O–H groups in total. The highest BCUT2D eigenvalue weighted by Crippen LogP contribution is 2.21. The standard InChI is InChI=1S/C18H16ClN3O3/c1-24-15-7-2-4-12(10-15)8-9-20-16(23)18-22-21-17(25-18)13-5-3-6-14(19)11-13/h2-7,10-11H,8-9H2,1H3,(H,20,23). The number of carbonyl (C=O) groups excluding carboxylic acids is 1. The number of rotatable bonds is 6. The van der Waals surface area contributed by atoms with Crippen molar-refractivity contribution in [1.82, 2.24) is 15.5 Å². The second kappa shape index (κ2) is 7.81. The Balaban J connectivity index is 1.58. The average molecular weight is 358 g/mol. The Bertz CT molecular complexity index is 879. The monoisotopic (exact) mass is 357 g/mol. The van der Waals surface area contributed by atoms with Crippen LogP contribution in [-0.4, -0.2) is 29.8 Å². The topological polar surface area (TPSA) is 77.2 Å². The summed E-state index contributed by atoms with van der Waals surface area (Å²) in [6, 6.07) is 14.7. The predicted octanol–water partition coefficient (Wildman–Crippen LogP) is 3.37. The fourth-order valence-electron chi connectivity index (χ4n) is 2.28. The Morgan fingerprint density at radius 1 is 1.20 bits per heavy atom. The fourth-order valence-corrected chi connectivity index (χ4v) is 2.47. The maximum Gasteiger partial charge on any atom is 0.308 e. The Morgan fingerprint density at radius 3 is 2.84 bits per heavy atom. The van der Waals surface area contributed by atoms with E-state index in [0.29, 0.717) is 23.6 Å². The minimum absolute atomic E-state index is 0.0828. The molecule has 1 heterocycles. The molecule has 3 aromatic rings. The maximum atomic E-state index is 12.1. The van der Waals surface area contributed by atoms with Crippen LogP contribution in [0.1, 0.15) is 16.2 Å². The molecule has 0 unspecified atom stereocenters. The largest absolute Gasteiger partial charge is 0.497 e. The first-order valence-corrected chi connectivity index (χ1v) is 8.04. The lowest BCUT2D eigenvalue weighted by atomic mass is 10.1. The second-order valence-electron chi connectivity index (χ2n) is 5.28. The lowest BCUT2D eigenvalue weighted by Crippen LogP contribution is -2.26. The molecule has 0 aliphatic rings. The van der Waals surface area contributed by atoms with Crippen molar-refractivity contribution in [2.45, 2.75) is 6.42 Å². The van der Waals surface area contributed by atoms with Gasteiger partial charge in [-0.25, -0.2) is 0 Å². The van der Waals surface area contributed by atoms with E-state index < -0.39 is 5.91 Å². The molecule has 128 valence electrons. The van der Waals surface area contributed by atoms with Crippen LogP contribution in [0, 0.1) is 0 Å². The van der Waals surface area contributed by atoms with Crippen LogP contribution < -0.4 is 10.1 Å². The highest BCUT2D eigenvalue weighted by Gasteiger charge is 2.15. The molecule has 7 heteroatoms. The number of carbonyl (C=O) groups is 1. The van der Waals surface area contributed by atoms with Crippen LogP contribution in [0.2, 0.25) is 5.02 Å². The van der Waals surface area contributed by atoms with Gasteiger partial charge in [0.25, 0.3) is 0 Å². The number of hydrogen-bond donors (Lipinski definition) is 1. The van der Waals surface area contributed by atoms with Crippen molar-refractivity contribution in [3.8, 4) is 17.2 Å². The van der Waals surface area contributed by atoms with E-state index in [-0.39, 0.29) is 11.8 Å². The molecule has 0 spiro atoms. The Morgan fingerprint density at radius 2 is 2.04 bits per heavy atom. The van der Waals surface area contributed by atoms with Gasteiger partial charge in [-0.1, -0.05) is 29.8 Å².